The second-order valence-corrected chi connectivity index (χ2v) is 6.96. The van der Waals surface area contributed by atoms with E-state index in [2.05, 4.69) is 6.92 Å². The van der Waals surface area contributed by atoms with Gasteiger partial charge < -0.3 is 14.2 Å². The van der Waals surface area contributed by atoms with Crippen LogP contribution < -0.4 is 0 Å². The first-order chi connectivity index (χ1) is 13.5. The summed E-state index contributed by atoms with van der Waals surface area (Å²) in [6, 6.07) is 0. The summed E-state index contributed by atoms with van der Waals surface area (Å²) in [7, 11) is 1.32. The van der Waals surface area contributed by atoms with Crippen LogP contribution in [0.4, 0.5) is 8.78 Å². The monoisotopic (exact) mass is 398 g/mol. The first-order valence-corrected chi connectivity index (χ1v) is 10.4. The highest BCUT2D eigenvalue weighted by atomic mass is 19.2. The SMILES string of the molecule is CC.CCC1CCC(COC2=CC=C(/C(C)=C(F)/C(F)=C(\C)OC)CC2)CO1. The highest BCUT2D eigenvalue weighted by Gasteiger charge is 2.22. The smallest absolute Gasteiger partial charge is 0.196 e. The minimum atomic E-state index is -0.945. The van der Waals surface area contributed by atoms with Crippen molar-refractivity contribution >= 4 is 0 Å². The van der Waals surface area contributed by atoms with E-state index < -0.39 is 11.7 Å². The van der Waals surface area contributed by atoms with Crippen molar-refractivity contribution in [3.63, 3.8) is 0 Å². The maximum Gasteiger partial charge on any atom is 0.196 e. The van der Waals surface area contributed by atoms with Crippen LogP contribution in [0.1, 0.15) is 66.7 Å². The number of ether oxygens (including phenoxy) is 3. The standard InChI is InChI=1S/C21H30F2O3.C2H6/c1-5-18-9-6-16(12-25-18)13-26-19-10-7-17(8-11-19)14(2)20(22)21(23)15(3)24-4;1-2/h7,10,16,18H,5-6,8-9,11-13H2,1-4H3;1-2H3/b20-14-,21-15-;. The van der Waals surface area contributed by atoms with Gasteiger partial charge in [0.25, 0.3) is 0 Å². The Morgan fingerprint density at radius 1 is 1.11 bits per heavy atom. The predicted octanol–water partition coefficient (Wildman–Crippen LogP) is 6.93. The average Bonchev–Trinajstić information content (AvgIpc) is 2.77. The fourth-order valence-electron chi connectivity index (χ4n) is 3.14. The van der Waals surface area contributed by atoms with E-state index in [4.69, 9.17) is 14.2 Å². The third-order valence-electron chi connectivity index (χ3n) is 5.15. The van der Waals surface area contributed by atoms with Gasteiger partial charge >= 0.3 is 0 Å². The number of allylic oxidation sites excluding steroid dienone is 8. The molecule has 1 aliphatic heterocycles. The number of methoxy groups -OCH3 is 1. The zero-order valence-corrected chi connectivity index (χ0v) is 18.2. The largest absolute Gasteiger partial charge is 0.498 e. The summed E-state index contributed by atoms with van der Waals surface area (Å²) in [6.07, 6.45) is 8.68. The lowest BCUT2D eigenvalue weighted by atomic mass is 9.96. The highest BCUT2D eigenvalue weighted by molar-refractivity contribution is 5.42. The first kappa shape index (κ1) is 24.4. The van der Waals surface area contributed by atoms with Crippen LogP contribution in [0.2, 0.25) is 0 Å². The van der Waals surface area contributed by atoms with Gasteiger partial charge in [0.2, 0.25) is 0 Å². The van der Waals surface area contributed by atoms with Crippen molar-refractivity contribution in [1.82, 2.24) is 0 Å². The van der Waals surface area contributed by atoms with Gasteiger partial charge in [0, 0.05) is 12.3 Å². The summed E-state index contributed by atoms with van der Waals surface area (Å²) >= 11 is 0. The molecular weight excluding hydrogens is 362 g/mol. The van der Waals surface area contributed by atoms with E-state index in [9.17, 15) is 8.78 Å². The van der Waals surface area contributed by atoms with E-state index in [0.717, 1.165) is 37.2 Å². The lowest BCUT2D eigenvalue weighted by Gasteiger charge is -2.29. The fraction of sp³-hybridized carbons (Fsp3) is 0.652. The summed E-state index contributed by atoms with van der Waals surface area (Å²) in [6.45, 7) is 10.5. The van der Waals surface area contributed by atoms with Crippen LogP contribution in [0.5, 0.6) is 0 Å². The highest BCUT2D eigenvalue weighted by Crippen LogP contribution is 2.31. The summed E-state index contributed by atoms with van der Waals surface area (Å²) < 4.78 is 44.6. The van der Waals surface area contributed by atoms with Gasteiger partial charge in [-0.1, -0.05) is 26.8 Å². The maximum atomic E-state index is 14.2. The summed E-state index contributed by atoms with van der Waals surface area (Å²) in [5.41, 5.74) is 1.08. The Kier molecular flexibility index (Phi) is 11.1. The van der Waals surface area contributed by atoms with Crippen molar-refractivity contribution in [3.05, 3.63) is 46.5 Å². The zero-order chi connectivity index (χ0) is 21.1. The number of halogens is 2. The van der Waals surface area contributed by atoms with E-state index in [1.807, 2.05) is 26.0 Å². The van der Waals surface area contributed by atoms with Crippen molar-refractivity contribution in [2.45, 2.75) is 72.8 Å². The maximum absolute atomic E-state index is 14.2. The van der Waals surface area contributed by atoms with Crippen LogP contribution in [0.3, 0.4) is 0 Å². The van der Waals surface area contributed by atoms with Gasteiger partial charge in [-0.3, -0.25) is 0 Å². The fourth-order valence-corrected chi connectivity index (χ4v) is 3.14. The second kappa shape index (κ2) is 12.8. The molecule has 2 atom stereocenters. The Morgan fingerprint density at radius 2 is 1.82 bits per heavy atom. The van der Waals surface area contributed by atoms with Crippen LogP contribution in [0, 0.1) is 5.92 Å². The Bertz CT molecular complexity index is 609. The molecule has 0 aromatic rings. The molecule has 1 heterocycles. The molecule has 1 saturated heterocycles. The van der Waals surface area contributed by atoms with Gasteiger partial charge in [-0.15, -0.1) is 0 Å². The third kappa shape index (κ3) is 7.08. The van der Waals surface area contributed by atoms with Gasteiger partial charge in [0.1, 0.15) is 5.76 Å². The summed E-state index contributed by atoms with van der Waals surface area (Å²) in [5.74, 6) is -0.543. The van der Waals surface area contributed by atoms with Crippen molar-refractivity contribution < 1.29 is 23.0 Å². The molecule has 0 aromatic carbocycles. The number of hydrogen-bond acceptors (Lipinski definition) is 3. The van der Waals surface area contributed by atoms with Crippen LogP contribution in [0.15, 0.2) is 46.5 Å². The molecule has 0 bridgehead atoms. The normalized spacial score (nSPS) is 24.0. The molecule has 0 saturated carbocycles. The number of rotatable bonds is 7. The van der Waals surface area contributed by atoms with Crippen LogP contribution in [-0.4, -0.2) is 26.4 Å². The third-order valence-corrected chi connectivity index (χ3v) is 5.15. The quantitative estimate of drug-likeness (QED) is 0.344. The molecule has 0 aromatic heterocycles. The molecule has 0 spiro atoms. The molecule has 0 radical (unpaired) electrons. The molecule has 1 fully saturated rings. The molecule has 0 N–H and O–H groups in total. The molecule has 2 rings (SSSR count). The molecule has 3 nitrogen and oxygen atoms in total. The number of hydrogen-bond donors (Lipinski definition) is 0. The van der Waals surface area contributed by atoms with E-state index >= 15 is 0 Å². The molecule has 1 aliphatic carbocycles. The topological polar surface area (TPSA) is 27.7 Å². The Balaban J connectivity index is 0.00000190. The van der Waals surface area contributed by atoms with Gasteiger partial charge in [-0.05, 0) is 56.8 Å². The van der Waals surface area contributed by atoms with E-state index in [1.165, 1.54) is 14.0 Å². The molecule has 28 heavy (non-hydrogen) atoms. The average molecular weight is 399 g/mol. The van der Waals surface area contributed by atoms with E-state index in [1.54, 1.807) is 6.92 Å². The molecule has 160 valence electrons. The van der Waals surface area contributed by atoms with Crippen molar-refractivity contribution in [1.29, 1.82) is 0 Å². The van der Waals surface area contributed by atoms with Gasteiger partial charge in [-0.2, -0.15) is 0 Å². The van der Waals surface area contributed by atoms with Crippen LogP contribution in [-0.2, 0) is 14.2 Å². The first-order valence-electron chi connectivity index (χ1n) is 10.4. The van der Waals surface area contributed by atoms with Gasteiger partial charge in [0.15, 0.2) is 11.7 Å². The Hall–Kier alpha value is -1.62. The van der Waals surface area contributed by atoms with Gasteiger partial charge in [0.05, 0.1) is 32.2 Å². The van der Waals surface area contributed by atoms with Crippen molar-refractivity contribution in [2.24, 2.45) is 5.92 Å². The van der Waals surface area contributed by atoms with Gasteiger partial charge in [-0.25, -0.2) is 8.78 Å². The minimum absolute atomic E-state index is 0.0576. The molecular formula is C23H36F2O3. The minimum Gasteiger partial charge on any atom is -0.498 e. The summed E-state index contributed by atoms with van der Waals surface area (Å²) in [4.78, 5) is 0. The molecule has 0 amide bonds. The molecule has 2 aliphatic rings. The predicted molar refractivity (Wildman–Crippen MR) is 110 cm³/mol. The lowest BCUT2D eigenvalue weighted by Crippen LogP contribution is -2.28. The lowest BCUT2D eigenvalue weighted by molar-refractivity contribution is -0.0356. The zero-order valence-electron chi connectivity index (χ0n) is 18.2. The second-order valence-electron chi connectivity index (χ2n) is 6.96. The van der Waals surface area contributed by atoms with Crippen molar-refractivity contribution in [2.75, 3.05) is 20.3 Å². The molecule has 5 heteroatoms. The Morgan fingerprint density at radius 3 is 2.32 bits per heavy atom. The molecule has 2 unspecified atom stereocenters. The Labute approximate surface area is 169 Å². The van der Waals surface area contributed by atoms with E-state index in [0.29, 0.717) is 37.0 Å². The van der Waals surface area contributed by atoms with Crippen molar-refractivity contribution in [3.8, 4) is 0 Å². The van der Waals surface area contributed by atoms with E-state index in [-0.39, 0.29) is 5.76 Å². The summed E-state index contributed by atoms with van der Waals surface area (Å²) in [5, 5.41) is 0. The van der Waals surface area contributed by atoms with Crippen LogP contribution in [0.25, 0.3) is 0 Å². The van der Waals surface area contributed by atoms with Crippen LogP contribution >= 0.6 is 0 Å².